The number of alkyl carbamates (subject to hydrolysis) is 1. The Labute approximate surface area is 64.7 Å². The molecule has 0 radical (unpaired) electrons. The molecule has 1 atom stereocenters. The van der Waals surface area contributed by atoms with Crippen LogP contribution in [0.5, 0.6) is 0 Å². The molecule has 1 N–H and O–H groups in total. The molecule has 0 saturated carbocycles. The first kappa shape index (κ1) is 9.90. The van der Waals surface area contributed by atoms with Gasteiger partial charge in [-0.05, 0) is 0 Å². The third-order valence-electron chi connectivity index (χ3n) is 0.999. The largest absolute Gasteiger partial charge is 0.453 e. The minimum Gasteiger partial charge on any atom is -0.453 e. The van der Waals surface area contributed by atoms with Crippen LogP contribution in [-0.2, 0) is 14.3 Å². The van der Waals surface area contributed by atoms with E-state index in [0.717, 1.165) is 0 Å². The molecule has 5 heteroatoms. The number of carbonyl (C=O) groups excluding carboxylic acids is 2. The molecule has 0 aliphatic heterocycles. The van der Waals surface area contributed by atoms with Gasteiger partial charge in [-0.1, -0.05) is 0 Å². The van der Waals surface area contributed by atoms with E-state index in [1.807, 2.05) is 0 Å². The Bertz CT molecular complexity index is 137. The zero-order valence-electron chi connectivity index (χ0n) is 6.49. The molecule has 0 bridgehead atoms. The highest BCUT2D eigenvalue weighted by atomic mass is 16.5. The van der Waals surface area contributed by atoms with Crippen LogP contribution in [0.1, 0.15) is 0 Å². The van der Waals surface area contributed by atoms with Crippen LogP contribution in [0.4, 0.5) is 4.79 Å². The third-order valence-corrected chi connectivity index (χ3v) is 0.999. The summed E-state index contributed by atoms with van der Waals surface area (Å²) in [6.07, 6.45) is -0.0559. The summed E-state index contributed by atoms with van der Waals surface area (Å²) < 4.78 is 8.90. The molecule has 0 aromatic carbocycles. The normalized spacial score (nSPS) is 11.8. The molecular weight excluding hydrogens is 150 g/mol. The molecule has 0 heterocycles. The Balaban J connectivity index is 3.67. The molecule has 1 amide bonds. The lowest BCUT2D eigenvalue weighted by atomic mass is 10.4. The van der Waals surface area contributed by atoms with E-state index < -0.39 is 12.1 Å². The van der Waals surface area contributed by atoms with E-state index in [0.29, 0.717) is 6.29 Å². The Morgan fingerprint density at radius 2 is 2.27 bits per heavy atom. The third kappa shape index (κ3) is 4.32. The fraction of sp³-hybridized carbons (Fsp3) is 0.667. The van der Waals surface area contributed by atoms with Gasteiger partial charge < -0.3 is 19.6 Å². The highest BCUT2D eigenvalue weighted by Crippen LogP contribution is 1.81. The number of carbonyl (C=O) groups is 2. The SMILES string of the molecule is COC[C@H](C=O)NC(=O)OC. The lowest BCUT2D eigenvalue weighted by Crippen LogP contribution is -2.38. The molecule has 0 unspecified atom stereocenters. The van der Waals surface area contributed by atoms with Crippen molar-refractivity contribution in [2.75, 3.05) is 20.8 Å². The van der Waals surface area contributed by atoms with Crippen molar-refractivity contribution in [3.8, 4) is 0 Å². The van der Waals surface area contributed by atoms with Gasteiger partial charge in [-0.25, -0.2) is 4.79 Å². The number of methoxy groups -OCH3 is 2. The highest BCUT2D eigenvalue weighted by molar-refractivity contribution is 5.72. The summed E-state index contributed by atoms with van der Waals surface area (Å²) in [7, 11) is 2.67. The van der Waals surface area contributed by atoms with Crippen LogP contribution in [0.25, 0.3) is 0 Å². The van der Waals surface area contributed by atoms with Gasteiger partial charge in [-0.15, -0.1) is 0 Å². The van der Waals surface area contributed by atoms with Crippen LogP contribution in [0.3, 0.4) is 0 Å². The number of aldehydes is 1. The molecule has 0 aromatic rings. The molecule has 0 fully saturated rings. The first-order valence-electron chi connectivity index (χ1n) is 3.03. The first-order valence-corrected chi connectivity index (χ1v) is 3.03. The average Bonchev–Trinajstić information content (AvgIpc) is 2.03. The van der Waals surface area contributed by atoms with E-state index in [-0.39, 0.29) is 6.61 Å². The maximum atomic E-state index is 10.5. The highest BCUT2D eigenvalue weighted by Gasteiger charge is 2.09. The Morgan fingerprint density at radius 1 is 1.64 bits per heavy atom. The number of ether oxygens (including phenoxy) is 2. The van der Waals surface area contributed by atoms with Crippen LogP contribution in [0, 0.1) is 0 Å². The topological polar surface area (TPSA) is 64.6 Å². The molecule has 64 valence electrons. The summed E-state index contributed by atoms with van der Waals surface area (Å²) in [5.41, 5.74) is 0. The number of nitrogens with one attached hydrogen (secondary N) is 1. The first-order chi connectivity index (χ1) is 5.24. The Morgan fingerprint density at radius 3 is 2.64 bits per heavy atom. The fourth-order valence-corrected chi connectivity index (χ4v) is 0.505. The minimum atomic E-state index is -0.640. The number of hydrogen-bond donors (Lipinski definition) is 1. The van der Waals surface area contributed by atoms with Crippen LogP contribution in [0.15, 0.2) is 0 Å². The van der Waals surface area contributed by atoms with Gasteiger partial charge in [0.15, 0.2) is 0 Å². The van der Waals surface area contributed by atoms with Gasteiger partial charge in [0.1, 0.15) is 12.3 Å². The number of rotatable bonds is 4. The quantitative estimate of drug-likeness (QED) is 0.567. The van der Waals surface area contributed by atoms with Crippen molar-refractivity contribution >= 4 is 12.4 Å². The monoisotopic (exact) mass is 161 g/mol. The molecule has 0 saturated heterocycles. The maximum absolute atomic E-state index is 10.5. The minimum absolute atomic E-state index is 0.151. The zero-order valence-corrected chi connectivity index (χ0v) is 6.49. The van der Waals surface area contributed by atoms with E-state index in [4.69, 9.17) is 0 Å². The van der Waals surface area contributed by atoms with Crippen LogP contribution in [-0.4, -0.2) is 39.2 Å². The lowest BCUT2D eigenvalue weighted by molar-refractivity contribution is -0.110. The molecule has 5 nitrogen and oxygen atoms in total. The standard InChI is InChI=1S/C6H11NO4/c1-10-4-5(3-8)7-6(9)11-2/h3,5H,4H2,1-2H3,(H,7,9)/t5-/m0/s1. The molecule has 0 aliphatic rings. The van der Waals surface area contributed by atoms with Crippen LogP contribution >= 0.6 is 0 Å². The van der Waals surface area contributed by atoms with E-state index in [1.54, 1.807) is 0 Å². The zero-order chi connectivity index (χ0) is 8.69. The van der Waals surface area contributed by atoms with E-state index in [2.05, 4.69) is 14.8 Å². The molecule has 0 spiro atoms. The Kier molecular flexibility index (Phi) is 5.10. The second-order valence-corrected chi connectivity index (χ2v) is 1.83. The van der Waals surface area contributed by atoms with Gasteiger partial charge in [0.05, 0.1) is 13.7 Å². The molecular formula is C6H11NO4. The number of hydrogen-bond acceptors (Lipinski definition) is 4. The fourth-order valence-electron chi connectivity index (χ4n) is 0.505. The summed E-state index contributed by atoms with van der Waals surface area (Å²) in [5.74, 6) is 0. The summed E-state index contributed by atoms with van der Waals surface area (Å²) in [6, 6.07) is -0.632. The predicted octanol–water partition coefficient (Wildman–Crippen LogP) is -0.444. The van der Waals surface area contributed by atoms with Gasteiger partial charge in [-0.3, -0.25) is 0 Å². The van der Waals surface area contributed by atoms with Crippen molar-refractivity contribution in [3.05, 3.63) is 0 Å². The van der Waals surface area contributed by atoms with E-state index in [1.165, 1.54) is 14.2 Å². The molecule has 0 aliphatic carbocycles. The van der Waals surface area contributed by atoms with Crippen molar-refractivity contribution in [2.24, 2.45) is 0 Å². The summed E-state index contributed by atoms with van der Waals surface area (Å²) in [6.45, 7) is 0.151. The summed E-state index contributed by atoms with van der Waals surface area (Å²) in [4.78, 5) is 20.7. The summed E-state index contributed by atoms with van der Waals surface area (Å²) >= 11 is 0. The van der Waals surface area contributed by atoms with Gasteiger partial charge in [0.2, 0.25) is 0 Å². The molecule has 0 rings (SSSR count). The summed E-state index contributed by atoms with van der Waals surface area (Å²) in [5, 5.41) is 2.26. The van der Waals surface area contributed by atoms with Crippen molar-refractivity contribution in [2.45, 2.75) is 6.04 Å². The van der Waals surface area contributed by atoms with Gasteiger partial charge in [-0.2, -0.15) is 0 Å². The Hall–Kier alpha value is -1.10. The van der Waals surface area contributed by atoms with Crippen molar-refractivity contribution in [3.63, 3.8) is 0 Å². The predicted molar refractivity (Wildman–Crippen MR) is 37.3 cm³/mol. The smallest absolute Gasteiger partial charge is 0.407 e. The van der Waals surface area contributed by atoms with E-state index >= 15 is 0 Å². The van der Waals surface area contributed by atoms with Crippen molar-refractivity contribution in [1.82, 2.24) is 5.32 Å². The van der Waals surface area contributed by atoms with E-state index in [9.17, 15) is 9.59 Å². The van der Waals surface area contributed by atoms with Crippen molar-refractivity contribution < 1.29 is 19.1 Å². The second kappa shape index (κ2) is 5.67. The maximum Gasteiger partial charge on any atom is 0.407 e. The van der Waals surface area contributed by atoms with Crippen LogP contribution in [0.2, 0.25) is 0 Å². The van der Waals surface area contributed by atoms with Crippen LogP contribution < -0.4 is 5.32 Å². The lowest BCUT2D eigenvalue weighted by Gasteiger charge is -2.09. The molecule has 0 aromatic heterocycles. The molecule has 11 heavy (non-hydrogen) atoms. The van der Waals surface area contributed by atoms with Crippen molar-refractivity contribution in [1.29, 1.82) is 0 Å². The van der Waals surface area contributed by atoms with Gasteiger partial charge >= 0.3 is 6.09 Å². The number of amides is 1. The van der Waals surface area contributed by atoms with Gasteiger partial charge in [0, 0.05) is 7.11 Å². The van der Waals surface area contributed by atoms with Gasteiger partial charge in [0.25, 0.3) is 0 Å². The average molecular weight is 161 g/mol. The second-order valence-electron chi connectivity index (χ2n) is 1.83.